The van der Waals surface area contributed by atoms with Crippen LogP contribution in [-0.2, 0) is 11.3 Å². The van der Waals surface area contributed by atoms with Crippen LogP contribution in [0.1, 0.15) is 16.2 Å². The predicted octanol–water partition coefficient (Wildman–Crippen LogP) is 4.46. The third-order valence-corrected chi connectivity index (χ3v) is 3.94. The highest BCUT2D eigenvalue weighted by Gasteiger charge is 2.14. The molecule has 22 heavy (non-hydrogen) atoms. The molecule has 0 atom stereocenters. The number of nitrogens with zero attached hydrogens (tertiary/aromatic N) is 2. The zero-order chi connectivity index (χ0) is 15.5. The highest BCUT2D eigenvalue weighted by atomic mass is 35.5. The third-order valence-electron chi connectivity index (χ3n) is 2.63. The topological polar surface area (TPSA) is 65.2 Å². The van der Waals surface area contributed by atoms with Crippen molar-refractivity contribution in [3.05, 3.63) is 57.2 Å². The molecule has 2 heterocycles. The fourth-order valence-electron chi connectivity index (χ4n) is 1.70. The summed E-state index contributed by atoms with van der Waals surface area (Å²) in [6, 6.07) is 8.24. The summed E-state index contributed by atoms with van der Waals surface area (Å²) in [5.74, 6) is 0.108. The van der Waals surface area contributed by atoms with E-state index in [1.165, 1.54) is 29.5 Å². The van der Waals surface area contributed by atoms with E-state index in [0.29, 0.717) is 15.9 Å². The molecule has 112 valence electrons. The van der Waals surface area contributed by atoms with Gasteiger partial charge in [0.2, 0.25) is 5.82 Å². The summed E-state index contributed by atoms with van der Waals surface area (Å²) in [5.41, 5.74) is 0.260. The maximum Gasteiger partial charge on any atom is 0.338 e. The van der Waals surface area contributed by atoms with Crippen LogP contribution >= 0.6 is 34.5 Å². The normalized spacial score (nSPS) is 10.6. The number of carbonyl (C=O) groups excluding carboxylic acids is 1. The molecule has 5 nitrogen and oxygen atoms in total. The fraction of sp³-hybridized carbons (Fsp3) is 0.0714. The van der Waals surface area contributed by atoms with Crippen molar-refractivity contribution in [2.75, 3.05) is 0 Å². The SMILES string of the molecule is O=C(OCc1nc(-c2cccs2)no1)c1cc(Cl)cc(Cl)c1. The quantitative estimate of drug-likeness (QED) is 0.647. The van der Waals surface area contributed by atoms with Crippen LogP contribution < -0.4 is 0 Å². The van der Waals surface area contributed by atoms with Crippen LogP contribution in [0, 0.1) is 0 Å². The molecule has 0 aliphatic heterocycles. The Balaban J connectivity index is 1.66. The second kappa shape index (κ2) is 6.48. The van der Waals surface area contributed by atoms with Crippen LogP contribution in [0.2, 0.25) is 10.0 Å². The summed E-state index contributed by atoms with van der Waals surface area (Å²) < 4.78 is 10.1. The Kier molecular flexibility index (Phi) is 4.42. The first kappa shape index (κ1) is 15.0. The van der Waals surface area contributed by atoms with E-state index in [4.69, 9.17) is 32.5 Å². The Morgan fingerprint density at radius 2 is 2.05 bits per heavy atom. The van der Waals surface area contributed by atoms with Crippen LogP contribution in [0.3, 0.4) is 0 Å². The number of halogens is 2. The van der Waals surface area contributed by atoms with Crippen molar-refractivity contribution in [2.24, 2.45) is 0 Å². The van der Waals surface area contributed by atoms with Crippen molar-refractivity contribution in [3.63, 3.8) is 0 Å². The van der Waals surface area contributed by atoms with Crippen molar-refractivity contribution in [1.82, 2.24) is 10.1 Å². The molecular formula is C14H8Cl2N2O3S. The molecule has 0 aliphatic carbocycles. The summed E-state index contributed by atoms with van der Waals surface area (Å²) in [6.07, 6.45) is 0. The molecule has 0 saturated carbocycles. The minimum Gasteiger partial charge on any atom is -0.452 e. The second-order valence-corrected chi connectivity index (χ2v) is 6.04. The van der Waals surface area contributed by atoms with Gasteiger partial charge in [0.15, 0.2) is 6.61 Å². The maximum absolute atomic E-state index is 11.9. The fourth-order valence-corrected chi connectivity index (χ4v) is 2.88. The lowest BCUT2D eigenvalue weighted by molar-refractivity contribution is 0.0430. The molecule has 0 unspecified atom stereocenters. The molecule has 0 amide bonds. The summed E-state index contributed by atoms with van der Waals surface area (Å²) in [4.78, 5) is 17.0. The molecule has 0 spiro atoms. The summed E-state index contributed by atoms with van der Waals surface area (Å²) in [7, 11) is 0. The van der Waals surface area contributed by atoms with Gasteiger partial charge in [0, 0.05) is 10.0 Å². The smallest absolute Gasteiger partial charge is 0.338 e. The van der Waals surface area contributed by atoms with E-state index >= 15 is 0 Å². The van der Waals surface area contributed by atoms with E-state index in [2.05, 4.69) is 10.1 Å². The van der Waals surface area contributed by atoms with E-state index < -0.39 is 5.97 Å². The lowest BCUT2D eigenvalue weighted by atomic mass is 10.2. The Hall–Kier alpha value is -1.89. The first-order valence-electron chi connectivity index (χ1n) is 6.11. The van der Waals surface area contributed by atoms with Gasteiger partial charge in [-0.15, -0.1) is 11.3 Å². The van der Waals surface area contributed by atoms with Crippen molar-refractivity contribution < 1.29 is 14.1 Å². The van der Waals surface area contributed by atoms with E-state index in [1.54, 1.807) is 0 Å². The lowest BCUT2D eigenvalue weighted by Crippen LogP contribution is -2.05. The number of hydrogen-bond acceptors (Lipinski definition) is 6. The number of thiophene rings is 1. The van der Waals surface area contributed by atoms with E-state index in [1.807, 2.05) is 17.5 Å². The lowest BCUT2D eigenvalue weighted by Gasteiger charge is -2.03. The number of aromatic nitrogens is 2. The van der Waals surface area contributed by atoms with Crippen LogP contribution in [0.15, 0.2) is 40.2 Å². The molecule has 0 bridgehead atoms. The van der Waals surface area contributed by atoms with Crippen molar-refractivity contribution in [3.8, 4) is 10.7 Å². The van der Waals surface area contributed by atoms with Gasteiger partial charge >= 0.3 is 5.97 Å². The van der Waals surface area contributed by atoms with Gasteiger partial charge in [0.1, 0.15) is 0 Å². The molecule has 3 rings (SSSR count). The van der Waals surface area contributed by atoms with Gasteiger partial charge in [0.25, 0.3) is 5.89 Å². The number of esters is 1. The van der Waals surface area contributed by atoms with E-state index in [0.717, 1.165) is 4.88 Å². The van der Waals surface area contributed by atoms with Crippen LogP contribution in [0.4, 0.5) is 0 Å². The highest BCUT2D eigenvalue weighted by Crippen LogP contribution is 2.22. The van der Waals surface area contributed by atoms with Gasteiger partial charge in [-0.05, 0) is 29.6 Å². The zero-order valence-corrected chi connectivity index (χ0v) is 13.3. The van der Waals surface area contributed by atoms with Gasteiger partial charge in [-0.25, -0.2) is 4.79 Å². The predicted molar refractivity (Wildman–Crippen MR) is 83.2 cm³/mol. The maximum atomic E-state index is 11.9. The van der Waals surface area contributed by atoms with Gasteiger partial charge in [-0.2, -0.15) is 4.98 Å². The molecule has 3 aromatic rings. The van der Waals surface area contributed by atoms with Gasteiger partial charge in [-0.1, -0.05) is 34.4 Å². The van der Waals surface area contributed by atoms with Crippen LogP contribution in [-0.4, -0.2) is 16.1 Å². The van der Waals surface area contributed by atoms with Crippen LogP contribution in [0.25, 0.3) is 10.7 Å². The van der Waals surface area contributed by atoms with E-state index in [-0.39, 0.29) is 18.1 Å². The van der Waals surface area contributed by atoms with Crippen molar-refractivity contribution >= 4 is 40.5 Å². The van der Waals surface area contributed by atoms with Crippen molar-refractivity contribution in [2.45, 2.75) is 6.61 Å². The molecule has 0 fully saturated rings. The Bertz CT molecular complexity index is 782. The average Bonchev–Trinajstić information content (AvgIpc) is 3.14. The molecule has 0 radical (unpaired) electrons. The van der Waals surface area contributed by atoms with E-state index in [9.17, 15) is 4.79 Å². The Morgan fingerprint density at radius 1 is 1.27 bits per heavy atom. The number of rotatable bonds is 4. The minimum atomic E-state index is -0.569. The minimum absolute atomic E-state index is 0.124. The molecule has 0 N–H and O–H groups in total. The first-order valence-corrected chi connectivity index (χ1v) is 7.75. The molecule has 1 aromatic carbocycles. The zero-order valence-electron chi connectivity index (χ0n) is 11.0. The highest BCUT2D eigenvalue weighted by molar-refractivity contribution is 7.13. The summed E-state index contributed by atoms with van der Waals surface area (Å²) in [6.45, 7) is -0.124. The average molecular weight is 355 g/mol. The van der Waals surface area contributed by atoms with Gasteiger partial charge in [0.05, 0.1) is 10.4 Å². The summed E-state index contributed by atoms with van der Waals surface area (Å²) in [5, 5.41) is 6.46. The largest absolute Gasteiger partial charge is 0.452 e. The monoisotopic (exact) mass is 354 g/mol. The van der Waals surface area contributed by atoms with Crippen molar-refractivity contribution in [1.29, 1.82) is 0 Å². The Morgan fingerprint density at radius 3 is 2.73 bits per heavy atom. The summed E-state index contributed by atoms with van der Waals surface area (Å²) >= 11 is 13.2. The molecule has 2 aromatic heterocycles. The van der Waals surface area contributed by atoms with Gasteiger partial charge < -0.3 is 9.26 Å². The molecule has 0 aliphatic rings. The van der Waals surface area contributed by atoms with Crippen LogP contribution in [0.5, 0.6) is 0 Å². The molecule has 0 saturated heterocycles. The standard InChI is InChI=1S/C14H8Cl2N2O3S/c15-9-4-8(5-10(16)6-9)14(19)20-7-12-17-13(18-21-12)11-2-1-3-22-11/h1-6H,7H2. The first-order chi connectivity index (χ1) is 10.6. The number of hydrogen-bond donors (Lipinski definition) is 0. The molecule has 8 heteroatoms. The second-order valence-electron chi connectivity index (χ2n) is 4.22. The number of benzene rings is 1. The number of carbonyl (C=O) groups is 1. The third kappa shape index (κ3) is 3.47. The van der Waals surface area contributed by atoms with Gasteiger partial charge in [-0.3, -0.25) is 0 Å². The number of ether oxygens (including phenoxy) is 1. The molecular weight excluding hydrogens is 347 g/mol. The Labute approximate surface area is 139 Å².